The second kappa shape index (κ2) is 9.80. The number of hydrogen-bond acceptors (Lipinski definition) is 5. The summed E-state index contributed by atoms with van der Waals surface area (Å²) >= 11 is 0. The van der Waals surface area contributed by atoms with Gasteiger partial charge < -0.3 is 25.7 Å². The first-order valence-electron chi connectivity index (χ1n) is 5.51. The molecule has 0 heterocycles. The number of carboxylic acid groups (broad SMARTS) is 1. The standard InChI is InChI=1S/C12H16N2O4.Na/c13-6-7-18-12(17)14-10(11(15)16)8-9-4-2-1-3-5-9;/h1-5,10H,6-8,13H2,(H,14,17)(H,15,16);/q;+1/p-1. The largest absolute Gasteiger partial charge is 1.00 e. The summed E-state index contributed by atoms with van der Waals surface area (Å²) in [6, 6.07) is 7.80. The predicted octanol–water partition coefficient (Wildman–Crippen LogP) is -3.96. The van der Waals surface area contributed by atoms with Crippen LogP contribution in [0.2, 0.25) is 0 Å². The van der Waals surface area contributed by atoms with E-state index in [-0.39, 0.29) is 49.1 Å². The zero-order valence-electron chi connectivity index (χ0n) is 10.8. The van der Waals surface area contributed by atoms with E-state index in [0.717, 1.165) is 5.56 Å². The minimum Gasteiger partial charge on any atom is -0.548 e. The molecule has 98 valence electrons. The van der Waals surface area contributed by atoms with Crippen LogP contribution >= 0.6 is 0 Å². The number of carboxylic acids is 1. The molecule has 0 fully saturated rings. The summed E-state index contributed by atoms with van der Waals surface area (Å²) in [6.45, 7) is 0.221. The monoisotopic (exact) mass is 274 g/mol. The Morgan fingerprint density at radius 3 is 2.47 bits per heavy atom. The number of hydrogen-bond donors (Lipinski definition) is 2. The first kappa shape index (κ1) is 17.9. The van der Waals surface area contributed by atoms with E-state index in [1.54, 1.807) is 24.3 Å². The van der Waals surface area contributed by atoms with Gasteiger partial charge in [-0.05, 0) is 12.0 Å². The molecule has 7 heteroatoms. The molecule has 1 rings (SSSR count). The number of nitrogens with one attached hydrogen (secondary N) is 1. The van der Waals surface area contributed by atoms with Gasteiger partial charge in [-0.15, -0.1) is 0 Å². The second-order valence-electron chi connectivity index (χ2n) is 3.63. The maximum atomic E-state index is 11.2. The fourth-order valence-electron chi connectivity index (χ4n) is 1.38. The molecular weight excluding hydrogens is 259 g/mol. The van der Waals surface area contributed by atoms with Gasteiger partial charge in [0, 0.05) is 6.54 Å². The normalized spacial score (nSPS) is 11.0. The number of carbonyl (C=O) groups excluding carboxylic acids is 2. The third-order valence-electron chi connectivity index (χ3n) is 2.21. The van der Waals surface area contributed by atoms with Crippen LogP contribution in [0, 0.1) is 0 Å². The summed E-state index contributed by atoms with van der Waals surface area (Å²) in [5.41, 5.74) is 5.94. The molecule has 19 heavy (non-hydrogen) atoms. The van der Waals surface area contributed by atoms with Crippen molar-refractivity contribution in [3.63, 3.8) is 0 Å². The SMILES string of the molecule is NCCOC(=O)NC(Cc1ccccc1)C(=O)[O-].[Na+]. The molecule has 6 nitrogen and oxygen atoms in total. The van der Waals surface area contributed by atoms with Gasteiger partial charge in [0.2, 0.25) is 0 Å². The summed E-state index contributed by atoms with van der Waals surface area (Å²) in [7, 11) is 0. The van der Waals surface area contributed by atoms with Crippen molar-refractivity contribution in [3.8, 4) is 0 Å². The molecule has 1 amide bonds. The molecule has 0 aliphatic carbocycles. The van der Waals surface area contributed by atoms with Gasteiger partial charge in [-0.25, -0.2) is 4.79 Å². The molecule has 0 aromatic heterocycles. The van der Waals surface area contributed by atoms with Gasteiger partial charge in [-0.3, -0.25) is 0 Å². The van der Waals surface area contributed by atoms with Crippen molar-refractivity contribution in [2.45, 2.75) is 12.5 Å². The van der Waals surface area contributed by atoms with Gasteiger partial charge in [0.25, 0.3) is 0 Å². The minimum atomic E-state index is -1.36. The van der Waals surface area contributed by atoms with Crippen molar-refractivity contribution in [1.29, 1.82) is 0 Å². The Hall–Kier alpha value is -1.08. The predicted molar refractivity (Wildman–Crippen MR) is 62.5 cm³/mol. The van der Waals surface area contributed by atoms with Gasteiger partial charge in [-0.2, -0.15) is 0 Å². The number of aliphatic carboxylic acids is 1. The summed E-state index contributed by atoms with van der Waals surface area (Å²) in [4.78, 5) is 22.1. The molecule has 0 bridgehead atoms. The van der Waals surface area contributed by atoms with E-state index in [0.29, 0.717) is 0 Å². The van der Waals surface area contributed by atoms with Crippen molar-refractivity contribution in [1.82, 2.24) is 5.32 Å². The van der Waals surface area contributed by atoms with Crippen LogP contribution in [-0.4, -0.2) is 31.3 Å². The maximum Gasteiger partial charge on any atom is 1.00 e. The number of ether oxygens (including phenoxy) is 1. The van der Waals surface area contributed by atoms with Crippen molar-refractivity contribution < 1.29 is 49.0 Å². The minimum absolute atomic E-state index is 0. The smallest absolute Gasteiger partial charge is 0.548 e. The van der Waals surface area contributed by atoms with Gasteiger partial charge in [0.15, 0.2) is 0 Å². The average Bonchev–Trinajstić information content (AvgIpc) is 2.36. The van der Waals surface area contributed by atoms with E-state index in [1.807, 2.05) is 6.07 Å². The first-order chi connectivity index (χ1) is 8.63. The van der Waals surface area contributed by atoms with Gasteiger partial charge >= 0.3 is 35.7 Å². The van der Waals surface area contributed by atoms with Crippen LogP contribution < -0.4 is 45.7 Å². The first-order valence-corrected chi connectivity index (χ1v) is 5.51. The number of benzene rings is 1. The Bertz CT molecular complexity index is 400. The molecule has 0 aliphatic heterocycles. The fraction of sp³-hybridized carbons (Fsp3) is 0.333. The summed E-state index contributed by atoms with van der Waals surface area (Å²) < 4.78 is 4.64. The summed E-state index contributed by atoms with van der Waals surface area (Å²) in [5.74, 6) is -1.36. The van der Waals surface area contributed by atoms with Crippen molar-refractivity contribution in [3.05, 3.63) is 35.9 Å². The third kappa shape index (κ3) is 7.17. The van der Waals surface area contributed by atoms with E-state index in [1.165, 1.54) is 0 Å². The molecule has 1 aromatic rings. The van der Waals surface area contributed by atoms with E-state index < -0.39 is 18.1 Å². The number of nitrogens with two attached hydrogens (primary N) is 1. The zero-order valence-corrected chi connectivity index (χ0v) is 12.8. The third-order valence-corrected chi connectivity index (χ3v) is 2.21. The summed E-state index contributed by atoms with van der Waals surface area (Å²) in [5, 5.41) is 13.1. The number of amides is 1. The Kier molecular flexibility index (Phi) is 9.24. The molecule has 0 saturated carbocycles. The fourth-order valence-corrected chi connectivity index (χ4v) is 1.38. The maximum absolute atomic E-state index is 11.2. The molecular formula is C12H15N2NaO4. The Balaban J connectivity index is 0.00000324. The van der Waals surface area contributed by atoms with Crippen LogP contribution in [0.3, 0.4) is 0 Å². The quantitative estimate of drug-likeness (QED) is 0.515. The van der Waals surface area contributed by atoms with Crippen molar-refractivity contribution >= 4 is 12.1 Å². The van der Waals surface area contributed by atoms with Gasteiger partial charge in [0.05, 0.1) is 12.0 Å². The van der Waals surface area contributed by atoms with E-state index in [9.17, 15) is 14.7 Å². The second-order valence-corrected chi connectivity index (χ2v) is 3.63. The van der Waals surface area contributed by atoms with E-state index in [2.05, 4.69) is 10.1 Å². The average molecular weight is 274 g/mol. The molecule has 0 radical (unpaired) electrons. The molecule has 0 saturated heterocycles. The van der Waals surface area contributed by atoms with Crippen LogP contribution in [0.25, 0.3) is 0 Å². The van der Waals surface area contributed by atoms with Crippen molar-refractivity contribution in [2.75, 3.05) is 13.2 Å². The van der Waals surface area contributed by atoms with Crippen LogP contribution in [0.1, 0.15) is 5.56 Å². The van der Waals surface area contributed by atoms with Crippen LogP contribution in [0.5, 0.6) is 0 Å². The van der Waals surface area contributed by atoms with Crippen LogP contribution in [0.4, 0.5) is 4.79 Å². The molecule has 1 atom stereocenters. The van der Waals surface area contributed by atoms with Gasteiger partial charge in [0.1, 0.15) is 6.61 Å². The van der Waals surface area contributed by atoms with Crippen molar-refractivity contribution in [2.24, 2.45) is 5.73 Å². The number of rotatable bonds is 6. The molecule has 3 N–H and O–H groups in total. The Labute approximate surface area is 133 Å². The van der Waals surface area contributed by atoms with E-state index in [4.69, 9.17) is 5.73 Å². The summed E-state index contributed by atoms with van der Waals surface area (Å²) in [6.07, 6.45) is -0.674. The topological polar surface area (TPSA) is 104 Å². The Morgan fingerprint density at radius 2 is 1.95 bits per heavy atom. The number of alkyl carbamates (subject to hydrolysis) is 1. The molecule has 1 unspecified atom stereocenters. The molecule has 1 aromatic carbocycles. The molecule has 0 spiro atoms. The van der Waals surface area contributed by atoms with Crippen LogP contribution in [0.15, 0.2) is 30.3 Å². The van der Waals surface area contributed by atoms with E-state index >= 15 is 0 Å². The Morgan fingerprint density at radius 1 is 1.32 bits per heavy atom. The molecule has 0 aliphatic rings. The van der Waals surface area contributed by atoms with Gasteiger partial charge in [-0.1, -0.05) is 30.3 Å². The number of carbonyl (C=O) groups is 2. The van der Waals surface area contributed by atoms with Crippen LogP contribution in [-0.2, 0) is 16.0 Å². The zero-order chi connectivity index (χ0) is 13.4.